The number of hydrogen-bond acceptors (Lipinski definition) is 2. The van der Waals surface area contributed by atoms with Crippen molar-refractivity contribution in [2.24, 2.45) is 50.2 Å². The third kappa shape index (κ3) is 4.43. The van der Waals surface area contributed by atoms with Gasteiger partial charge in [0.25, 0.3) is 0 Å². The summed E-state index contributed by atoms with van der Waals surface area (Å²) in [4.78, 5) is 13.0. The average Bonchev–Trinajstić information content (AvgIpc) is 2.91. The van der Waals surface area contributed by atoms with Gasteiger partial charge in [0.1, 0.15) is 6.10 Å². The molecule has 2 nitrogen and oxygen atoms in total. The first-order valence-corrected chi connectivity index (χ1v) is 16.8. The van der Waals surface area contributed by atoms with Crippen LogP contribution in [0.15, 0.2) is 48.1 Å². The van der Waals surface area contributed by atoms with E-state index in [9.17, 15) is 4.79 Å². The first-order valence-electron chi connectivity index (χ1n) is 16.8. The number of carbonyl (C=O) groups excluding carboxylic acids is 1. The van der Waals surface area contributed by atoms with Crippen LogP contribution in [0, 0.1) is 50.2 Å². The van der Waals surface area contributed by atoms with Gasteiger partial charge in [-0.05, 0) is 121 Å². The predicted molar refractivity (Wildman–Crippen MR) is 170 cm³/mol. The van der Waals surface area contributed by atoms with Crippen LogP contribution in [0.4, 0.5) is 0 Å². The van der Waals surface area contributed by atoms with Gasteiger partial charge in [-0.1, -0.05) is 97.4 Å². The largest absolute Gasteiger partial charge is 0.459 e. The number of ether oxygens (including phenoxy) is 1. The molecular weight excluding hydrogens is 500 g/mol. The predicted octanol–water partition coefficient (Wildman–Crippen LogP) is 10.4. The number of benzene rings is 1. The summed E-state index contributed by atoms with van der Waals surface area (Å²) in [5.74, 6) is 1.81. The molecule has 0 saturated heterocycles. The summed E-state index contributed by atoms with van der Waals surface area (Å²) in [7, 11) is 0. The minimum Gasteiger partial charge on any atom is -0.459 e. The molecule has 0 radical (unpaired) electrons. The summed E-state index contributed by atoms with van der Waals surface area (Å²) in [5, 5.41) is 0. The molecule has 41 heavy (non-hydrogen) atoms. The molecule has 0 heterocycles. The van der Waals surface area contributed by atoms with Gasteiger partial charge in [-0.3, -0.25) is 0 Å². The van der Waals surface area contributed by atoms with Crippen LogP contribution in [0.5, 0.6) is 0 Å². The Balaban J connectivity index is 1.25. The summed E-state index contributed by atoms with van der Waals surface area (Å²) in [6.07, 6.45) is 19.1. The van der Waals surface area contributed by atoms with E-state index >= 15 is 0 Å². The number of hydrogen-bond donors (Lipinski definition) is 0. The highest BCUT2D eigenvalue weighted by Crippen LogP contribution is 2.75. The van der Waals surface area contributed by atoms with Crippen LogP contribution in [0.2, 0.25) is 0 Å². The summed E-state index contributed by atoms with van der Waals surface area (Å²) in [5.41, 5.74) is 4.72. The van der Waals surface area contributed by atoms with E-state index in [1.807, 2.05) is 42.0 Å². The van der Waals surface area contributed by atoms with Crippen LogP contribution in [0.25, 0.3) is 6.08 Å². The van der Waals surface area contributed by atoms with Gasteiger partial charge in [0.2, 0.25) is 0 Å². The summed E-state index contributed by atoms with van der Waals surface area (Å²) >= 11 is 0. The van der Waals surface area contributed by atoms with E-state index in [2.05, 4.69) is 61.5 Å². The Hall–Kier alpha value is -1.83. The second kappa shape index (κ2) is 9.59. The van der Waals surface area contributed by atoms with Gasteiger partial charge in [-0.2, -0.15) is 0 Å². The van der Waals surface area contributed by atoms with Crippen LogP contribution in [-0.2, 0) is 9.53 Å². The maximum absolute atomic E-state index is 13.0. The van der Waals surface area contributed by atoms with Gasteiger partial charge in [0.15, 0.2) is 0 Å². The monoisotopic (exact) mass is 556 g/mol. The molecule has 5 aliphatic carbocycles. The van der Waals surface area contributed by atoms with Crippen molar-refractivity contribution in [3.05, 3.63) is 53.6 Å². The van der Waals surface area contributed by atoms with Crippen LogP contribution < -0.4 is 0 Å². The lowest BCUT2D eigenvalue weighted by Gasteiger charge is -2.71. The van der Waals surface area contributed by atoms with Crippen molar-refractivity contribution in [1.82, 2.24) is 0 Å². The fourth-order valence-electron chi connectivity index (χ4n) is 11.6. The zero-order chi connectivity index (χ0) is 29.5. The van der Waals surface area contributed by atoms with Crippen molar-refractivity contribution in [3.63, 3.8) is 0 Å². The number of carbonyl (C=O) groups is 1. The molecule has 1 aromatic rings. The van der Waals surface area contributed by atoms with Crippen LogP contribution in [0.1, 0.15) is 125 Å². The molecular formula is C39H56O2. The number of esters is 1. The molecule has 6 rings (SSSR count). The lowest BCUT2D eigenvalue weighted by Crippen LogP contribution is -2.64. The molecule has 0 aromatic heterocycles. The summed E-state index contributed by atoms with van der Waals surface area (Å²) in [6, 6.07) is 10.0. The third-order valence-corrected chi connectivity index (χ3v) is 14.5. The van der Waals surface area contributed by atoms with E-state index in [0.717, 1.165) is 24.3 Å². The van der Waals surface area contributed by atoms with Gasteiger partial charge in [-0.25, -0.2) is 4.79 Å². The van der Waals surface area contributed by atoms with E-state index in [1.54, 1.807) is 6.08 Å². The second-order valence-corrected chi connectivity index (χ2v) is 17.4. The summed E-state index contributed by atoms with van der Waals surface area (Å²) in [6.45, 7) is 20.5. The Labute approximate surface area is 250 Å². The Kier molecular flexibility index (Phi) is 6.84. The van der Waals surface area contributed by atoms with Gasteiger partial charge in [0, 0.05) is 11.5 Å². The molecule has 0 amide bonds. The molecule has 8 atom stereocenters. The highest BCUT2D eigenvalue weighted by molar-refractivity contribution is 5.87. The highest BCUT2D eigenvalue weighted by Gasteiger charge is 2.68. The second-order valence-electron chi connectivity index (χ2n) is 17.4. The summed E-state index contributed by atoms with van der Waals surface area (Å²) < 4.78 is 6.24. The first kappa shape index (κ1) is 29.3. The smallest absolute Gasteiger partial charge is 0.331 e. The lowest BCUT2D eigenvalue weighted by atomic mass is 9.33. The topological polar surface area (TPSA) is 26.3 Å². The average molecular weight is 557 g/mol. The maximum atomic E-state index is 13.0. The van der Waals surface area contributed by atoms with Crippen LogP contribution in [0.3, 0.4) is 0 Å². The molecule has 0 aliphatic heterocycles. The van der Waals surface area contributed by atoms with E-state index < -0.39 is 0 Å². The Morgan fingerprint density at radius 2 is 1.54 bits per heavy atom. The van der Waals surface area contributed by atoms with Crippen molar-refractivity contribution >= 4 is 12.0 Å². The minimum atomic E-state index is -0.199. The molecule has 0 unspecified atom stereocenters. The Bertz CT molecular complexity index is 1240. The molecule has 0 spiro atoms. The Morgan fingerprint density at radius 3 is 2.27 bits per heavy atom. The quantitative estimate of drug-likeness (QED) is 0.210. The normalized spacial score (nSPS) is 44.5. The molecule has 4 fully saturated rings. The first-order chi connectivity index (χ1) is 19.1. The Morgan fingerprint density at radius 1 is 0.829 bits per heavy atom. The van der Waals surface area contributed by atoms with Crippen molar-refractivity contribution in [1.29, 1.82) is 0 Å². The molecule has 1 aromatic carbocycles. The standard InChI is InChI=1S/C39H56O2/c1-34(2)22-23-36(5)24-25-38(7)28(29(36)26-34)15-16-31-37(6)20-19-32(35(3,4)30(37)18-21-39(31,38)8)41-33(40)17-14-27-12-10-9-11-13-27/h9-15,17,29-32H,16,18-26H2,1-8H3/b17-14+/t29-,30-,31+,32-,36+,37-,38+,39+/m0/s1. The SMILES string of the molecule is CC1(C)CC[C@]2(C)CC[C@]3(C)C(=CC[C@@H]4[C@@]5(C)CC[C@H](OC(=O)/C=C/c6ccccc6)C(C)(C)[C@@H]5CC[C@]43C)[C@@H]2C1. The van der Waals surface area contributed by atoms with Crippen molar-refractivity contribution in [2.75, 3.05) is 0 Å². The van der Waals surface area contributed by atoms with Gasteiger partial charge >= 0.3 is 5.97 Å². The van der Waals surface area contributed by atoms with Crippen molar-refractivity contribution in [3.8, 4) is 0 Å². The van der Waals surface area contributed by atoms with E-state index in [1.165, 1.54) is 51.4 Å². The van der Waals surface area contributed by atoms with Gasteiger partial charge in [0.05, 0.1) is 0 Å². The number of allylic oxidation sites excluding steroid dienone is 2. The molecule has 5 aliphatic rings. The fraction of sp³-hybridized carbons (Fsp3) is 0.718. The number of fused-ring (bicyclic) bond motifs is 7. The minimum absolute atomic E-state index is 0.0250. The van der Waals surface area contributed by atoms with Crippen molar-refractivity contribution in [2.45, 2.75) is 126 Å². The van der Waals surface area contributed by atoms with E-state index in [0.29, 0.717) is 33.5 Å². The van der Waals surface area contributed by atoms with Crippen LogP contribution >= 0.6 is 0 Å². The van der Waals surface area contributed by atoms with E-state index in [4.69, 9.17) is 4.74 Å². The van der Waals surface area contributed by atoms with Gasteiger partial charge in [-0.15, -0.1) is 0 Å². The fourth-order valence-corrected chi connectivity index (χ4v) is 11.6. The molecule has 224 valence electrons. The number of rotatable bonds is 3. The molecule has 0 N–H and O–H groups in total. The zero-order valence-electron chi connectivity index (χ0n) is 27.3. The van der Waals surface area contributed by atoms with Crippen molar-refractivity contribution < 1.29 is 9.53 Å². The van der Waals surface area contributed by atoms with Gasteiger partial charge < -0.3 is 4.74 Å². The molecule has 2 heteroatoms. The van der Waals surface area contributed by atoms with E-state index in [-0.39, 0.29) is 22.9 Å². The molecule has 0 bridgehead atoms. The van der Waals surface area contributed by atoms with Crippen LogP contribution in [-0.4, -0.2) is 12.1 Å². The molecule has 4 saturated carbocycles. The zero-order valence-corrected chi connectivity index (χ0v) is 27.3. The lowest BCUT2D eigenvalue weighted by molar-refractivity contribution is -0.210. The third-order valence-electron chi connectivity index (χ3n) is 14.5. The maximum Gasteiger partial charge on any atom is 0.331 e. The highest BCUT2D eigenvalue weighted by atomic mass is 16.5.